The number of sulfonamides is 1. The molecule has 2 amide bonds. The van der Waals surface area contributed by atoms with Gasteiger partial charge < -0.3 is 11.1 Å². The highest BCUT2D eigenvalue weighted by Crippen LogP contribution is 2.17. The number of carbonyl (C=O) groups is 2. The smallest absolute Gasteiger partial charge is 0.267 e. The molecule has 1 aromatic rings. The third-order valence-electron chi connectivity index (χ3n) is 0.933. The molecule has 96 valence electrons. The van der Waals surface area contributed by atoms with Crippen LogP contribution in [0.3, 0.4) is 0 Å². The van der Waals surface area contributed by atoms with Crippen LogP contribution in [0.4, 0.5) is 5.13 Å². The third kappa shape index (κ3) is 7.32. The van der Waals surface area contributed by atoms with Gasteiger partial charge >= 0.3 is 0 Å². The van der Waals surface area contributed by atoms with Gasteiger partial charge in [-0.1, -0.05) is 11.3 Å². The number of hydrogen-bond donors (Lipinski definition) is 3. The predicted octanol–water partition coefficient (Wildman–Crippen LogP) is -1.36. The van der Waals surface area contributed by atoms with Crippen LogP contribution in [-0.4, -0.2) is 30.4 Å². The van der Waals surface area contributed by atoms with Crippen LogP contribution in [0.1, 0.15) is 13.8 Å². The zero-order valence-electron chi connectivity index (χ0n) is 9.00. The molecule has 0 saturated heterocycles. The van der Waals surface area contributed by atoms with Gasteiger partial charge in [0.1, 0.15) is 0 Å². The number of aromatic nitrogens is 2. The van der Waals surface area contributed by atoms with Crippen LogP contribution in [0, 0.1) is 0 Å². The zero-order valence-corrected chi connectivity index (χ0v) is 10.6. The molecule has 0 spiro atoms. The second kappa shape index (κ2) is 6.22. The van der Waals surface area contributed by atoms with Crippen molar-refractivity contribution in [3.8, 4) is 0 Å². The molecule has 0 aliphatic carbocycles. The number of rotatable bonds is 2. The van der Waals surface area contributed by atoms with E-state index in [4.69, 9.17) is 5.14 Å². The Hall–Kier alpha value is -1.59. The van der Waals surface area contributed by atoms with Gasteiger partial charge in [-0.3, -0.25) is 9.59 Å². The first-order chi connectivity index (χ1) is 7.62. The van der Waals surface area contributed by atoms with Crippen LogP contribution in [0.25, 0.3) is 0 Å². The second-order valence-electron chi connectivity index (χ2n) is 2.71. The summed E-state index contributed by atoms with van der Waals surface area (Å²) in [4.78, 5) is 19.7. The largest absolute Gasteiger partial charge is 0.370 e. The van der Waals surface area contributed by atoms with Gasteiger partial charge in [0.2, 0.25) is 21.3 Å². The first kappa shape index (κ1) is 15.4. The lowest BCUT2D eigenvalue weighted by molar-refractivity contribution is -0.116. The van der Waals surface area contributed by atoms with E-state index in [-0.39, 0.29) is 21.3 Å². The number of nitrogens with one attached hydrogen (secondary N) is 1. The molecule has 17 heavy (non-hydrogen) atoms. The highest BCUT2D eigenvalue weighted by atomic mass is 32.2. The molecule has 1 heterocycles. The van der Waals surface area contributed by atoms with Gasteiger partial charge in [0, 0.05) is 13.8 Å². The molecule has 9 nitrogen and oxygen atoms in total. The number of hydrogen-bond acceptors (Lipinski definition) is 7. The Morgan fingerprint density at radius 2 is 1.76 bits per heavy atom. The Bertz CT molecular complexity index is 504. The van der Waals surface area contributed by atoms with Crippen LogP contribution >= 0.6 is 11.3 Å². The summed E-state index contributed by atoms with van der Waals surface area (Å²) in [6.45, 7) is 2.58. The van der Waals surface area contributed by atoms with E-state index in [9.17, 15) is 18.0 Å². The van der Waals surface area contributed by atoms with Crippen LogP contribution in [0.5, 0.6) is 0 Å². The number of primary amides is 1. The fraction of sp³-hybridized carbons (Fsp3) is 0.333. The lowest BCUT2D eigenvalue weighted by atomic mass is 10.7. The van der Waals surface area contributed by atoms with E-state index in [1.807, 2.05) is 0 Å². The molecular weight excluding hydrogens is 270 g/mol. The molecule has 0 atom stereocenters. The number of nitrogens with two attached hydrogens (primary N) is 2. The van der Waals surface area contributed by atoms with Crippen LogP contribution < -0.4 is 16.2 Å². The highest BCUT2D eigenvalue weighted by molar-refractivity contribution is 7.91. The van der Waals surface area contributed by atoms with Crippen molar-refractivity contribution < 1.29 is 18.0 Å². The lowest BCUT2D eigenvalue weighted by Gasteiger charge is -1.90. The van der Waals surface area contributed by atoms with Crippen LogP contribution in [0.15, 0.2) is 4.34 Å². The summed E-state index contributed by atoms with van der Waals surface area (Å²) in [5.41, 5.74) is 4.47. The average molecular weight is 281 g/mol. The molecule has 11 heteroatoms. The minimum absolute atomic E-state index is 0.108. The minimum atomic E-state index is -3.82. The van der Waals surface area contributed by atoms with E-state index < -0.39 is 10.0 Å². The molecule has 0 saturated carbocycles. The number of amides is 2. The van der Waals surface area contributed by atoms with Gasteiger partial charge in [0.25, 0.3) is 10.0 Å². The Kier molecular flexibility index (Phi) is 5.64. The van der Waals surface area contributed by atoms with Crippen molar-refractivity contribution in [3.63, 3.8) is 0 Å². The quantitative estimate of drug-likeness (QED) is 0.567. The summed E-state index contributed by atoms with van der Waals surface area (Å²) in [6, 6.07) is 0. The molecule has 0 unspecified atom stereocenters. The third-order valence-corrected chi connectivity index (χ3v) is 3.08. The van der Waals surface area contributed by atoms with Gasteiger partial charge in [-0.2, -0.15) is 0 Å². The summed E-state index contributed by atoms with van der Waals surface area (Å²) < 4.78 is 21.1. The highest BCUT2D eigenvalue weighted by Gasteiger charge is 2.15. The topological polar surface area (TPSA) is 158 Å². The van der Waals surface area contributed by atoms with E-state index in [0.717, 1.165) is 0 Å². The number of carbonyl (C=O) groups excluding carboxylic acids is 2. The number of primary sulfonamides is 1. The molecule has 1 aromatic heterocycles. The first-order valence-corrected chi connectivity index (χ1v) is 6.39. The minimum Gasteiger partial charge on any atom is -0.370 e. The Labute approximate surface area is 101 Å². The van der Waals surface area contributed by atoms with E-state index in [1.165, 1.54) is 13.8 Å². The Morgan fingerprint density at radius 1 is 1.29 bits per heavy atom. The summed E-state index contributed by atoms with van der Waals surface area (Å²) in [6.07, 6.45) is 0. The SMILES string of the molecule is CC(=O)Nc1nnc(S(N)(=O)=O)s1.CC(N)=O. The van der Waals surface area contributed by atoms with Crippen molar-refractivity contribution in [2.45, 2.75) is 18.2 Å². The van der Waals surface area contributed by atoms with E-state index in [0.29, 0.717) is 11.3 Å². The summed E-state index contributed by atoms with van der Waals surface area (Å²) in [5, 5.41) is 13.8. The second-order valence-corrected chi connectivity index (χ2v) is 5.42. The molecule has 0 bridgehead atoms. The van der Waals surface area contributed by atoms with Crippen molar-refractivity contribution in [2.75, 3.05) is 5.32 Å². The maximum absolute atomic E-state index is 10.7. The number of nitrogens with zero attached hydrogens (tertiary/aromatic N) is 2. The van der Waals surface area contributed by atoms with Gasteiger partial charge in [0.15, 0.2) is 0 Å². The van der Waals surface area contributed by atoms with Crippen molar-refractivity contribution in [3.05, 3.63) is 0 Å². The fourth-order valence-corrected chi connectivity index (χ4v) is 1.91. The molecule has 0 aromatic carbocycles. The molecule has 0 radical (unpaired) electrons. The monoisotopic (exact) mass is 281 g/mol. The molecule has 0 aliphatic heterocycles. The molecule has 5 N–H and O–H groups in total. The zero-order chi connectivity index (χ0) is 13.6. The summed E-state index contributed by atoms with van der Waals surface area (Å²) in [7, 11) is -3.82. The number of anilines is 1. The molecule has 1 rings (SSSR count). The van der Waals surface area contributed by atoms with E-state index >= 15 is 0 Å². The van der Waals surface area contributed by atoms with E-state index in [1.54, 1.807) is 0 Å². The fourth-order valence-electron chi connectivity index (χ4n) is 0.526. The Balaban J connectivity index is 0.000000557. The molecule has 0 aliphatic rings. The van der Waals surface area contributed by atoms with Crippen LogP contribution in [0.2, 0.25) is 0 Å². The maximum atomic E-state index is 10.7. The van der Waals surface area contributed by atoms with Gasteiger partial charge in [-0.25, -0.2) is 13.6 Å². The average Bonchev–Trinajstić information content (AvgIpc) is 2.48. The van der Waals surface area contributed by atoms with Crippen molar-refractivity contribution >= 4 is 38.3 Å². The maximum Gasteiger partial charge on any atom is 0.267 e. The first-order valence-electron chi connectivity index (χ1n) is 4.03. The summed E-state index contributed by atoms with van der Waals surface area (Å²) >= 11 is 0.701. The normalized spacial score (nSPS) is 10.1. The van der Waals surface area contributed by atoms with E-state index in [2.05, 4.69) is 21.2 Å². The summed E-state index contributed by atoms with van der Waals surface area (Å²) in [5.74, 6) is -0.683. The Morgan fingerprint density at radius 3 is 2.06 bits per heavy atom. The predicted molar refractivity (Wildman–Crippen MR) is 60.5 cm³/mol. The van der Waals surface area contributed by atoms with Crippen molar-refractivity contribution in [1.29, 1.82) is 0 Å². The van der Waals surface area contributed by atoms with Gasteiger partial charge in [-0.15, -0.1) is 10.2 Å². The van der Waals surface area contributed by atoms with Crippen molar-refractivity contribution in [2.24, 2.45) is 10.9 Å². The molecular formula is C6H11N5O4S2. The van der Waals surface area contributed by atoms with Crippen molar-refractivity contribution in [1.82, 2.24) is 10.2 Å². The standard InChI is InChI=1S/C4H6N4O3S2.C2H5NO/c1-2(9)6-3-7-8-4(12-3)13(5,10)11;1-2(3)4/h1H3,(H2,5,10,11)(H,6,7,9);1H3,(H2,3,4). The van der Waals surface area contributed by atoms with Gasteiger partial charge in [0.05, 0.1) is 0 Å². The molecule has 0 fully saturated rings. The lowest BCUT2D eigenvalue weighted by Crippen LogP contribution is -2.11. The van der Waals surface area contributed by atoms with Crippen LogP contribution in [-0.2, 0) is 19.6 Å². The van der Waals surface area contributed by atoms with Gasteiger partial charge in [-0.05, 0) is 0 Å².